The van der Waals surface area contributed by atoms with E-state index in [1.807, 2.05) is 41.3 Å². The number of fused-ring (bicyclic) bond motifs is 1. The second-order valence-electron chi connectivity index (χ2n) is 9.17. The number of hydrogen-bond acceptors (Lipinski definition) is 5. The molecule has 0 unspecified atom stereocenters. The molecule has 0 atom stereocenters. The average Bonchev–Trinajstić information content (AvgIpc) is 3.37. The van der Waals surface area contributed by atoms with Crippen molar-refractivity contribution in [3.05, 3.63) is 95.6 Å². The zero-order valence-corrected chi connectivity index (χ0v) is 21.6. The topological polar surface area (TPSA) is 45.7 Å². The second-order valence-corrected chi connectivity index (χ2v) is 10.2. The molecule has 1 aliphatic rings. The standard InChI is InChI=1S/C30H33N3O2S/c1-2-23-15-9-16-26-28(23)31-30(36-26)33(18-10-17-32-19-21-35-22-20-32)29(34)27(24-11-5-3-6-12-24)25-13-7-4-8-14-25/h3-9,11-16,27H,2,10,17-22H2,1H3. The number of carbonyl (C=O) groups excluding carboxylic acids is 1. The first-order valence-electron chi connectivity index (χ1n) is 12.8. The van der Waals surface area contributed by atoms with E-state index in [1.54, 1.807) is 11.3 Å². The summed E-state index contributed by atoms with van der Waals surface area (Å²) in [7, 11) is 0. The average molecular weight is 500 g/mol. The number of benzene rings is 3. The van der Waals surface area contributed by atoms with Gasteiger partial charge in [0.05, 0.1) is 29.3 Å². The van der Waals surface area contributed by atoms with E-state index in [0.29, 0.717) is 6.54 Å². The van der Waals surface area contributed by atoms with Crippen LogP contribution in [0, 0.1) is 0 Å². The third kappa shape index (κ3) is 5.51. The van der Waals surface area contributed by atoms with Crippen LogP contribution in [0.3, 0.4) is 0 Å². The van der Waals surface area contributed by atoms with Crippen LogP contribution < -0.4 is 4.90 Å². The summed E-state index contributed by atoms with van der Waals surface area (Å²) >= 11 is 1.62. The van der Waals surface area contributed by atoms with Gasteiger partial charge in [0.25, 0.3) is 0 Å². The summed E-state index contributed by atoms with van der Waals surface area (Å²) in [6.07, 6.45) is 1.81. The first kappa shape index (κ1) is 24.6. The number of aromatic nitrogens is 1. The molecule has 0 N–H and O–H groups in total. The molecule has 2 heterocycles. The van der Waals surface area contributed by atoms with E-state index in [-0.39, 0.29) is 11.8 Å². The summed E-state index contributed by atoms with van der Waals surface area (Å²) < 4.78 is 6.64. The van der Waals surface area contributed by atoms with Gasteiger partial charge in [-0.25, -0.2) is 4.98 Å². The SMILES string of the molecule is CCc1cccc2sc(N(CCCN3CCOCC3)C(=O)C(c3ccccc3)c3ccccc3)nc12. The molecule has 4 aromatic rings. The van der Waals surface area contributed by atoms with E-state index in [0.717, 1.165) is 72.2 Å². The van der Waals surface area contributed by atoms with Gasteiger partial charge < -0.3 is 4.74 Å². The molecule has 0 saturated carbocycles. The van der Waals surface area contributed by atoms with Crippen LogP contribution >= 0.6 is 11.3 Å². The van der Waals surface area contributed by atoms with Gasteiger partial charge in [-0.3, -0.25) is 14.6 Å². The molecule has 6 heteroatoms. The molecule has 0 aliphatic carbocycles. The molecular formula is C30H33N3O2S. The van der Waals surface area contributed by atoms with E-state index < -0.39 is 0 Å². The lowest BCUT2D eigenvalue weighted by molar-refractivity contribution is -0.119. The zero-order chi connectivity index (χ0) is 24.7. The molecule has 0 spiro atoms. The molecule has 5 nitrogen and oxygen atoms in total. The predicted molar refractivity (Wildman–Crippen MR) is 148 cm³/mol. The van der Waals surface area contributed by atoms with Gasteiger partial charge in [0, 0.05) is 26.2 Å². The summed E-state index contributed by atoms with van der Waals surface area (Å²) in [4.78, 5) is 23.8. The lowest BCUT2D eigenvalue weighted by Crippen LogP contribution is -2.40. The van der Waals surface area contributed by atoms with Gasteiger partial charge in [0.2, 0.25) is 5.91 Å². The van der Waals surface area contributed by atoms with Crippen molar-refractivity contribution < 1.29 is 9.53 Å². The highest BCUT2D eigenvalue weighted by molar-refractivity contribution is 7.22. The molecule has 5 rings (SSSR count). The summed E-state index contributed by atoms with van der Waals surface area (Å²) in [5.74, 6) is -0.306. The Hall–Kier alpha value is -3.06. The normalized spacial score (nSPS) is 14.4. The van der Waals surface area contributed by atoms with Crippen LogP contribution in [0.25, 0.3) is 10.2 Å². The van der Waals surface area contributed by atoms with Crippen molar-refractivity contribution in [2.75, 3.05) is 44.3 Å². The van der Waals surface area contributed by atoms with Gasteiger partial charge in [-0.15, -0.1) is 0 Å². The van der Waals surface area contributed by atoms with Crippen molar-refractivity contribution in [1.29, 1.82) is 0 Å². The monoisotopic (exact) mass is 499 g/mol. The minimum absolute atomic E-state index is 0.0754. The Balaban J connectivity index is 1.50. The minimum Gasteiger partial charge on any atom is -0.379 e. The Morgan fingerprint density at radius 3 is 2.28 bits per heavy atom. The molecule has 1 aromatic heterocycles. The van der Waals surface area contributed by atoms with Gasteiger partial charge in [0.15, 0.2) is 5.13 Å². The molecule has 186 valence electrons. The fourth-order valence-corrected chi connectivity index (χ4v) is 5.94. The van der Waals surface area contributed by atoms with E-state index >= 15 is 0 Å². The maximum absolute atomic E-state index is 14.4. The number of thiazole rings is 1. The summed E-state index contributed by atoms with van der Waals surface area (Å²) in [6, 6.07) is 26.5. The van der Waals surface area contributed by atoms with Crippen molar-refractivity contribution in [2.24, 2.45) is 0 Å². The van der Waals surface area contributed by atoms with Gasteiger partial charge in [0.1, 0.15) is 0 Å². The fraction of sp³-hybridized carbons (Fsp3) is 0.333. The fourth-order valence-electron chi connectivity index (χ4n) is 4.90. The number of nitrogens with zero attached hydrogens (tertiary/aromatic N) is 3. The third-order valence-electron chi connectivity index (χ3n) is 6.84. The number of amides is 1. The maximum Gasteiger partial charge on any atom is 0.240 e. The summed E-state index contributed by atoms with van der Waals surface area (Å²) in [6.45, 7) is 7.19. The number of hydrogen-bond donors (Lipinski definition) is 0. The van der Waals surface area contributed by atoms with Crippen LogP contribution in [0.15, 0.2) is 78.9 Å². The summed E-state index contributed by atoms with van der Waals surface area (Å²) in [5.41, 5.74) is 4.24. The summed E-state index contributed by atoms with van der Waals surface area (Å²) in [5, 5.41) is 0.787. The van der Waals surface area contributed by atoms with Crippen LogP contribution in [0.4, 0.5) is 5.13 Å². The number of rotatable bonds is 9. The lowest BCUT2D eigenvalue weighted by Gasteiger charge is -2.29. The Morgan fingerprint density at radius 2 is 1.64 bits per heavy atom. The zero-order valence-electron chi connectivity index (χ0n) is 20.8. The van der Waals surface area contributed by atoms with Crippen LogP contribution in [-0.2, 0) is 16.0 Å². The van der Waals surface area contributed by atoms with Crippen molar-refractivity contribution in [1.82, 2.24) is 9.88 Å². The first-order valence-corrected chi connectivity index (χ1v) is 13.7. The largest absolute Gasteiger partial charge is 0.379 e. The van der Waals surface area contributed by atoms with Gasteiger partial charge in [-0.1, -0.05) is 91.1 Å². The van der Waals surface area contributed by atoms with Gasteiger partial charge in [-0.05, 0) is 35.6 Å². The van der Waals surface area contributed by atoms with Crippen molar-refractivity contribution >= 4 is 32.6 Å². The highest BCUT2D eigenvalue weighted by Gasteiger charge is 2.30. The Labute approximate surface area is 217 Å². The Bertz CT molecular complexity index is 1230. The van der Waals surface area contributed by atoms with Crippen molar-refractivity contribution in [3.63, 3.8) is 0 Å². The molecule has 3 aromatic carbocycles. The Kier molecular flexibility index (Phi) is 8.06. The molecule has 0 radical (unpaired) electrons. The highest BCUT2D eigenvalue weighted by atomic mass is 32.1. The second kappa shape index (κ2) is 11.8. The number of carbonyl (C=O) groups is 1. The molecule has 1 amide bonds. The molecule has 1 saturated heterocycles. The number of para-hydroxylation sites is 1. The number of anilines is 1. The molecule has 36 heavy (non-hydrogen) atoms. The third-order valence-corrected chi connectivity index (χ3v) is 7.89. The molecule has 1 fully saturated rings. The van der Waals surface area contributed by atoms with Crippen molar-refractivity contribution in [3.8, 4) is 0 Å². The van der Waals surface area contributed by atoms with E-state index in [2.05, 4.69) is 54.3 Å². The van der Waals surface area contributed by atoms with Crippen LogP contribution in [0.2, 0.25) is 0 Å². The minimum atomic E-state index is -0.381. The van der Waals surface area contributed by atoms with E-state index in [4.69, 9.17) is 9.72 Å². The first-order chi connectivity index (χ1) is 17.7. The number of ether oxygens (including phenoxy) is 1. The van der Waals surface area contributed by atoms with Crippen LogP contribution in [0.5, 0.6) is 0 Å². The smallest absolute Gasteiger partial charge is 0.240 e. The quantitative estimate of drug-likeness (QED) is 0.294. The molecule has 0 bridgehead atoms. The molecular weight excluding hydrogens is 466 g/mol. The van der Waals surface area contributed by atoms with Gasteiger partial charge in [-0.2, -0.15) is 0 Å². The van der Waals surface area contributed by atoms with E-state index in [9.17, 15) is 4.79 Å². The van der Waals surface area contributed by atoms with Crippen molar-refractivity contribution in [2.45, 2.75) is 25.7 Å². The Morgan fingerprint density at radius 1 is 0.972 bits per heavy atom. The number of morpholine rings is 1. The molecule has 1 aliphatic heterocycles. The van der Waals surface area contributed by atoms with Gasteiger partial charge >= 0.3 is 0 Å². The lowest BCUT2D eigenvalue weighted by atomic mass is 9.90. The van der Waals surface area contributed by atoms with Crippen LogP contribution in [0.1, 0.15) is 36.0 Å². The number of aryl methyl sites for hydroxylation is 1. The maximum atomic E-state index is 14.4. The highest BCUT2D eigenvalue weighted by Crippen LogP contribution is 2.35. The van der Waals surface area contributed by atoms with E-state index in [1.165, 1.54) is 5.56 Å². The van der Waals surface area contributed by atoms with Crippen LogP contribution in [-0.4, -0.2) is 55.2 Å². The predicted octanol–water partition coefficient (Wildman–Crippen LogP) is 5.75.